The summed E-state index contributed by atoms with van der Waals surface area (Å²) in [5, 5.41) is 11.6. The standard InChI is InChI=1S/C20H21FN6O3S2/c21-11-5-7-12(8-6-11)30-9-15-25-26-20(27(15)23)31-10-16(28)24-19-17(18(22)29)13-3-1-2-4-14(13)32-19/h5-8H,1-4,9-10,23H2,(H2,22,29)(H,24,28). The largest absolute Gasteiger partial charge is 0.486 e. The van der Waals surface area contributed by atoms with Crippen LogP contribution in [0.1, 0.15) is 39.5 Å². The van der Waals surface area contributed by atoms with Crippen LogP contribution in [0.15, 0.2) is 29.4 Å². The number of hydrogen-bond acceptors (Lipinski definition) is 8. The highest BCUT2D eigenvalue weighted by atomic mass is 32.2. The summed E-state index contributed by atoms with van der Waals surface area (Å²) in [6.07, 6.45) is 3.76. The van der Waals surface area contributed by atoms with Crippen molar-refractivity contribution >= 4 is 39.9 Å². The number of amides is 2. The van der Waals surface area contributed by atoms with Gasteiger partial charge in [0.25, 0.3) is 5.91 Å². The molecule has 168 valence electrons. The fourth-order valence-electron chi connectivity index (χ4n) is 3.39. The third-order valence-corrected chi connectivity index (χ3v) is 7.07. The fourth-order valence-corrected chi connectivity index (χ4v) is 5.38. The van der Waals surface area contributed by atoms with Crippen LogP contribution in [0.5, 0.6) is 5.75 Å². The summed E-state index contributed by atoms with van der Waals surface area (Å²) < 4.78 is 19.7. The van der Waals surface area contributed by atoms with Gasteiger partial charge in [-0.05, 0) is 55.5 Å². The van der Waals surface area contributed by atoms with Crippen molar-refractivity contribution in [3.8, 4) is 5.75 Å². The van der Waals surface area contributed by atoms with Gasteiger partial charge in [-0.1, -0.05) is 11.8 Å². The number of halogens is 1. The van der Waals surface area contributed by atoms with Gasteiger partial charge in [0, 0.05) is 4.88 Å². The summed E-state index contributed by atoms with van der Waals surface area (Å²) >= 11 is 2.52. The van der Waals surface area contributed by atoms with Gasteiger partial charge in [0.2, 0.25) is 11.1 Å². The van der Waals surface area contributed by atoms with Gasteiger partial charge in [-0.2, -0.15) is 0 Å². The molecule has 2 aromatic heterocycles. The molecule has 1 aliphatic rings. The van der Waals surface area contributed by atoms with E-state index in [0.29, 0.717) is 27.3 Å². The topological polar surface area (TPSA) is 138 Å². The van der Waals surface area contributed by atoms with Crippen LogP contribution in [0, 0.1) is 5.82 Å². The van der Waals surface area contributed by atoms with E-state index in [1.54, 1.807) is 0 Å². The lowest BCUT2D eigenvalue weighted by Crippen LogP contribution is -2.20. The van der Waals surface area contributed by atoms with Crippen LogP contribution in [0.4, 0.5) is 9.39 Å². The first-order chi connectivity index (χ1) is 15.4. The second-order valence-electron chi connectivity index (χ2n) is 7.13. The van der Waals surface area contributed by atoms with Crippen LogP contribution in [0.2, 0.25) is 0 Å². The first-order valence-electron chi connectivity index (χ1n) is 9.87. The van der Waals surface area contributed by atoms with Gasteiger partial charge in [0.05, 0.1) is 11.3 Å². The minimum atomic E-state index is -0.528. The summed E-state index contributed by atoms with van der Waals surface area (Å²) in [7, 11) is 0. The first kappa shape index (κ1) is 22.1. The SMILES string of the molecule is NC(=O)c1c(NC(=O)CSc2nnc(COc3ccc(F)cc3)n2N)sc2c1CCCC2. The minimum Gasteiger partial charge on any atom is -0.486 e. The highest BCUT2D eigenvalue weighted by Crippen LogP contribution is 2.38. The normalized spacial score (nSPS) is 12.9. The van der Waals surface area contributed by atoms with E-state index in [4.69, 9.17) is 16.3 Å². The quantitative estimate of drug-likeness (QED) is 0.335. The molecule has 0 radical (unpaired) electrons. The van der Waals surface area contributed by atoms with Crippen LogP contribution < -0.4 is 21.6 Å². The molecule has 1 aliphatic carbocycles. The van der Waals surface area contributed by atoms with Crippen LogP contribution in [-0.2, 0) is 24.2 Å². The zero-order chi connectivity index (χ0) is 22.7. The van der Waals surface area contributed by atoms with E-state index >= 15 is 0 Å². The number of carbonyl (C=O) groups is 2. The Bertz CT molecular complexity index is 1150. The average molecular weight is 477 g/mol. The molecule has 4 rings (SSSR count). The number of aromatic nitrogens is 3. The Hall–Kier alpha value is -3.12. The smallest absolute Gasteiger partial charge is 0.251 e. The number of nitrogens with two attached hydrogens (primary N) is 2. The molecule has 0 spiro atoms. The Labute approximate surface area is 191 Å². The number of nitrogen functional groups attached to an aromatic ring is 1. The van der Waals surface area contributed by atoms with E-state index in [1.807, 2.05) is 0 Å². The number of nitrogens with zero attached hydrogens (tertiary/aromatic N) is 3. The van der Waals surface area contributed by atoms with Gasteiger partial charge in [-0.3, -0.25) is 9.59 Å². The molecule has 0 atom stereocenters. The second kappa shape index (κ2) is 9.57. The van der Waals surface area contributed by atoms with Crippen LogP contribution >= 0.6 is 23.1 Å². The lowest BCUT2D eigenvalue weighted by molar-refractivity contribution is -0.113. The predicted molar refractivity (Wildman–Crippen MR) is 120 cm³/mol. The number of nitrogens with one attached hydrogen (secondary N) is 1. The van der Waals surface area contributed by atoms with Crippen molar-refractivity contribution in [2.75, 3.05) is 16.9 Å². The maximum absolute atomic E-state index is 13.0. The van der Waals surface area contributed by atoms with Crippen molar-refractivity contribution in [1.82, 2.24) is 14.9 Å². The third-order valence-electron chi connectivity index (χ3n) is 4.92. The number of thiophene rings is 1. The van der Waals surface area contributed by atoms with Crippen LogP contribution in [0.3, 0.4) is 0 Å². The third kappa shape index (κ3) is 4.86. The summed E-state index contributed by atoms with van der Waals surface area (Å²) in [6.45, 7) is 0.0324. The molecule has 0 saturated carbocycles. The van der Waals surface area contributed by atoms with Crippen molar-refractivity contribution in [1.29, 1.82) is 0 Å². The number of ether oxygens (including phenoxy) is 1. The molecule has 3 aromatic rings. The molecule has 0 unspecified atom stereocenters. The Morgan fingerprint density at radius 1 is 1.22 bits per heavy atom. The molecule has 9 nitrogen and oxygen atoms in total. The Morgan fingerprint density at radius 2 is 1.97 bits per heavy atom. The zero-order valence-corrected chi connectivity index (χ0v) is 18.6. The Morgan fingerprint density at radius 3 is 2.72 bits per heavy atom. The molecule has 0 aliphatic heterocycles. The van der Waals surface area contributed by atoms with Gasteiger partial charge in [0.15, 0.2) is 5.82 Å². The maximum Gasteiger partial charge on any atom is 0.251 e. The molecule has 32 heavy (non-hydrogen) atoms. The molecule has 12 heteroatoms. The lowest BCUT2D eigenvalue weighted by Gasteiger charge is -2.11. The number of fused-ring (bicyclic) bond motifs is 1. The predicted octanol–water partition coefficient (Wildman–Crippen LogP) is 2.48. The van der Waals surface area contributed by atoms with Crippen molar-refractivity contribution < 1.29 is 18.7 Å². The maximum atomic E-state index is 13.0. The van der Waals surface area contributed by atoms with Gasteiger partial charge < -0.3 is 21.6 Å². The number of aryl methyl sites for hydroxylation is 1. The highest BCUT2D eigenvalue weighted by molar-refractivity contribution is 7.99. The summed E-state index contributed by atoms with van der Waals surface area (Å²) in [4.78, 5) is 25.6. The monoisotopic (exact) mass is 476 g/mol. The average Bonchev–Trinajstić information content (AvgIpc) is 3.31. The van der Waals surface area contributed by atoms with Gasteiger partial charge in [0.1, 0.15) is 23.2 Å². The van der Waals surface area contributed by atoms with Gasteiger partial charge in [-0.25, -0.2) is 9.07 Å². The summed E-state index contributed by atoms with van der Waals surface area (Å²) in [6, 6.07) is 5.57. The van der Waals surface area contributed by atoms with E-state index < -0.39 is 5.91 Å². The molecule has 5 N–H and O–H groups in total. The number of hydrogen-bond donors (Lipinski definition) is 3. The van der Waals surface area contributed by atoms with E-state index in [-0.39, 0.29) is 24.1 Å². The first-order valence-corrected chi connectivity index (χ1v) is 11.7. The number of primary amides is 1. The molecule has 2 amide bonds. The molecule has 1 aromatic carbocycles. The number of rotatable bonds is 8. The highest BCUT2D eigenvalue weighted by Gasteiger charge is 2.25. The molecular formula is C20H21FN6O3S2. The Kier molecular flexibility index (Phi) is 6.61. The minimum absolute atomic E-state index is 0.0227. The van der Waals surface area contributed by atoms with E-state index in [9.17, 15) is 14.0 Å². The van der Waals surface area contributed by atoms with Crippen LogP contribution in [0.25, 0.3) is 0 Å². The summed E-state index contributed by atoms with van der Waals surface area (Å²) in [5.74, 6) is 5.64. The van der Waals surface area contributed by atoms with Crippen molar-refractivity contribution in [3.63, 3.8) is 0 Å². The summed E-state index contributed by atoms with van der Waals surface area (Å²) in [5.41, 5.74) is 6.95. The second-order valence-corrected chi connectivity index (χ2v) is 9.18. The van der Waals surface area contributed by atoms with Crippen molar-refractivity contribution in [2.24, 2.45) is 5.73 Å². The van der Waals surface area contributed by atoms with Gasteiger partial charge >= 0.3 is 0 Å². The molecule has 2 heterocycles. The molecule has 0 bridgehead atoms. The van der Waals surface area contributed by atoms with Crippen LogP contribution in [-0.4, -0.2) is 32.4 Å². The fraction of sp³-hybridized carbons (Fsp3) is 0.300. The molecule has 0 fully saturated rings. The van der Waals surface area contributed by atoms with Crippen molar-refractivity contribution in [3.05, 3.63) is 51.9 Å². The van der Waals surface area contributed by atoms with Gasteiger partial charge in [-0.15, -0.1) is 21.5 Å². The lowest BCUT2D eigenvalue weighted by atomic mass is 9.95. The number of benzene rings is 1. The zero-order valence-electron chi connectivity index (χ0n) is 17.0. The van der Waals surface area contributed by atoms with E-state index in [1.165, 1.54) is 40.3 Å². The molecule has 0 saturated heterocycles. The van der Waals surface area contributed by atoms with E-state index in [2.05, 4.69) is 15.5 Å². The number of carbonyl (C=O) groups excluding carboxylic acids is 2. The van der Waals surface area contributed by atoms with E-state index in [0.717, 1.165) is 47.9 Å². The Balaban J connectivity index is 1.35. The number of anilines is 1. The molecular weight excluding hydrogens is 455 g/mol. The number of thioether (sulfide) groups is 1. The van der Waals surface area contributed by atoms with Crippen molar-refractivity contribution in [2.45, 2.75) is 37.4 Å².